The zero-order valence-corrected chi connectivity index (χ0v) is 14.6. The molecule has 0 aromatic heterocycles. The zero-order valence-electron chi connectivity index (χ0n) is 13.1. The molecule has 0 heterocycles. The summed E-state index contributed by atoms with van der Waals surface area (Å²) in [7, 11) is 0. The molecule has 126 valence electrons. The van der Waals surface area contributed by atoms with Gasteiger partial charge >= 0.3 is 0 Å². The number of hydrogen-bond donors (Lipinski definition) is 2. The molecule has 0 aliphatic carbocycles. The Kier molecular flexibility index (Phi) is 7.85. The van der Waals surface area contributed by atoms with E-state index < -0.39 is 5.91 Å². The molecule has 0 saturated heterocycles. The maximum atomic E-state index is 11.6. The summed E-state index contributed by atoms with van der Waals surface area (Å²) in [6.07, 6.45) is 0.932. The zero-order chi connectivity index (χ0) is 17.4. The lowest BCUT2D eigenvalue weighted by Gasteiger charge is -2.16. The number of halogens is 2. The van der Waals surface area contributed by atoms with Gasteiger partial charge in [0.2, 0.25) is 0 Å². The largest absolute Gasteiger partial charge is 0.386 e. The minimum Gasteiger partial charge on any atom is -0.386 e. The second-order valence-corrected chi connectivity index (χ2v) is 6.04. The fraction of sp³-hybridized carbons (Fsp3) is 0.400. The van der Waals surface area contributed by atoms with Crippen LogP contribution in [0.1, 0.15) is 20.8 Å². The Bertz CT molecular complexity index is 591. The molecule has 2 amide bonds. The average Bonchev–Trinajstić information content (AvgIpc) is 2.47. The fourth-order valence-electron chi connectivity index (χ4n) is 1.39. The van der Waals surface area contributed by atoms with E-state index >= 15 is 0 Å². The average molecular weight is 360 g/mol. The number of nitrogens with zero attached hydrogens (tertiary/aromatic N) is 1. The first-order valence-electron chi connectivity index (χ1n) is 7.00. The minimum atomic E-state index is -0.514. The van der Waals surface area contributed by atoms with Crippen molar-refractivity contribution in [2.45, 2.75) is 26.8 Å². The second kappa shape index (κ2) is 9.37. The predicted molar refractivity (Wildman–Crippen MR) is 92.0 cm³/mol. The first-order valence-corrected chi connectivity index (χ1v) is 7.76. The van der Waals surface area contributed by atoms with Gasteiger partial charge in [-0.3, -0.25) is 9.59 Å². The number of anilines is 1. The quantitative estimate of drug-likeness (QED) is 0.579. The monoisotopic (exact) mass is 359 g/mol. The van der Waals surface area contributed by atoms with E-state index in [0.717, 1.165) is 6.21 Å². The van der Waals surface area contributed by atoms with E-state index in [4.69, 9.17) is 28.0 Å². The van der Waals surface area contributed by atoms with Crippen molar-refractivity contribution in [2.24, 2.45) is 11.1 Å². The first-order chi connectivity index (χ1) is 10.8. The Labute approximate surface area is 145 Å². The molecule has 23 heavy (non-hydrogen) atoms. The molecule has 0 aliphatic rings. The Morgan fingerprint density at radius 3 is 2.57 bits per heavy atom. The topological polar surface area (TPSA) is 79.8 Å². The summed E-state index contributed by atoms with van der Waals surface area (Å²) in [5.41, 5.74) is 0.472. The number of rotatable bonds is 7. The van der Waals surface area contributed by atoms with Crippen LogP contribution in [0, 0.1) is 5.92 Å². The van der Waals surface area contributed by atoms with Gasteiger partial charge < -0.3 is 15.5 Å². The highest BCUT2D eigenvalue weighted by Crippen LogP contribution is 2.24. The van der Waals surface area contributed by atoms with Gasteiger partial charge in [0.1, 0.15) is 6.21 Å². The molecule has 0 radical (unpaired) electrons. The number of amides is 2. The Hall–Kier alpha value is -1.79. The summed E-state index contributed by atoms with van der Waals surface area (Å²) in [5.74, 6) is -0.494. The molecular weight excluding hydrogens is 341 g/mol. The lowest BCUT2D eigenvalue weighted by Crippen LogP contribution is -2.38. The third-order valence-corrected chi connectivity index (χ3v) is 3.75. The van der Waals surface area contributed by atoms with E-state index in [1.807, 2.05) is 20.8 Å². The van der Waals surface area contributed by atoms with Gasteiger partial charge in [0, 0.05) is 11.7 Å². The molecule has 0 fully saturated rings. The van der Waals surface area contributed by atoms with Gasteiger partial charge in [-0.2, -0.15) is 0 Å². The van der Waals surface area contributed by atoms with Gasteiger partial charge in [0.25, 0.3) is 11.8 Å². The van der Waals surface area contributed by atoms with E-state index in [1.165, 1.54) is 6.07 Å². The van der Waals surface area contributed by atoms with Gasteiger partial charge in [0.05, 0.1) is 10.0 Å². The van der Waals surface area contributed by atoms with E-state index in [9.17, 15) is 9.59 Å². The summed E-state index contributed by atoms with van der Waals surface area (Å²) < 4.78 is 0. The summed E-state index contributed by atoms with van der Waals surface area (Å²) in [5, 5.41) is 9.45. The van der Waals surface area contributed by atoms with Crippen LogP contribution in [0.3, 0.4) is 0 Å². The summed E-state index contributed by atoms with van der Waals surface area (Å²) in [4.78, 5) is 27.9. The van der Waals surface area contributed by atoms with E-state index in [1.54, 1.807) is 12.1 Å². The van der Waals surface area contributed by atoms with Crippen molar-refractivity contribution in [1.82, 2.24) is 5.32 Å². The minimum absolute atomic E-state index is 0.0352. The molecule has 8 heteroatoms. The van der Waals surface area contributed by atoms with Crippen LogP contribution < -0.4 is 10.6 Å². The molecule has 0 saturated carbocycles. The number of benzene rings is 1. The van der Waals surface area contributed by atoms with Gasteiger partial charge in [-0.25, -0.2) is 0 Å². The molecule has 0 bridgehead atoms. The highest BCUT2D eigenvalue weighted by Gasteiger charge is 2.10. The van der Waals surface area contributed by atoms with Crippen molar-refractivity contribution in [3.8, 4) is 0 Å². The van der Waals surface area contributed by atoms with Crippen LogP contribution >= 0.6 is 23.2 Å². The van der Waals surface area contributed by atoms with E-state index in [0.29, 0.717) is 21.7 Å². The Morgan fingerprint density at radius 1 is 1.26 bits per heavy atom. The highest BCUT2D eigenvalue weighted by molar-refractivity contribution is 6.42. The van der Waals surface area contributed by atoms with Crippen LogP contribution in [-0.4, -0.2) is 30.7 Å². The van der Waals surface area contributed by atoms with Crippen LogP contribution in [0.2, 0.25) is 10.0 Å². The van der Waals surface area contributed by atoms with E-state index in [2.05, 4.69) is 15.8 Å². The molecule has 6 nitrogen and oxygen atoms in total. The molecule has 1 aromatic carbocycles. The highest BCUT2D eigenvalue weighted by atomic mass is 35.5. The van der Waals surface area contributed by atoms with Crippen LogP contribution in [-0.2, 0) is 14.4 Å². The van der Waals surface area contributed by atoms with Gasteiger partial charge in [-0.05, 0) is 31.0 Å². The van der Waals surface area contributed by atoms with Crippen molar-refractivity contribution in [1.29, 1.82) is 0 Å². The van der Waals surface area contributed by atoms with Crippen LogP contribution in [0.4, 0.5) is 5.69 Å². The van der Waals surface area contributed by atoms with Gasteiger partial charge in [-0.15, -0.1) is 0 Å². The standard InChI is InChI=1S/C15H19Cl2N3O3/c1-9(2)10(3)19-15(22)8-23-18-7-14(21)20-11-4-5-12(16)13(17)6-11/h4-7,9-10H,8H2,1-3H3,(H,19,22)(H,20,21)/b18-7+. The van der Waals surface area contributed by atoms with Crippen molar-refractivity contribution in [3.63, 3.8) is 0 Å². The lowest BCUT2D eigenvalue weighted by atomic mass is 10.1. The lowest BCUT2D eigenvalue weighted by molar-refractivity contribution is -0.126. The normalized spacial score (nSPS) is 12.3. The van der Waals surface area contributed by atoms with Crippen molar-refractivity contribution in [3.05, 3.63) is 28.2 Å². The third kappa shape index (κ3) is 7.34. The Balaban J connectivity index is 2.35. The molecule has 1 aromatic rings. The van der Waals surface area contributed by atoms with Crippen molar-refractivity contribution >= 4 is 46.9 Å². The van der Waals surface area contributed by atoms with Crippen LogP contribution in [0.25, 0.3) is 0 Å². The molecule has 2 N–H and O–H groups in total. The van der Waals surface area contributed by atoms with Crippen LogP contribution in [0.15, 0.2) is 23.4 Å². The summed E-state index contributed by atoms with van der Waals surface area (Å²) >= 11 is 11.6. The molecule has 1 atom stereocenters. The molecular formula is C15H19Cl2N3O3. The number of carbonyl (C=O) groups is 2. The maximum absolute atomic E-state index is 11.6. The smallest absolute Gasteiger partial charge is 0.270 e. The SMILES string of the molecule is CC(C)C(C)NC(=O)CO/N=C/C(=O)Nc1ccc(Cl)c(Cl)c1. The maximum Gasteiger partial charge on any atom is 0.270 e. The Morgan fingerprint density at radius 2 is 1.96 bits per heavy atom. The molecule has 0 aliphatic heterocycles. The molecule has 1 unspecified atom stereocenters. The molecule has 1 rings (SSSR count). The van der Waals surface area contributed by atoms with Crippen molar-refractivity contribution < 1.29 is 14.4 Å². The van der Waals surface area contributed by atoms with Crippen molar-refractivity contribution in [2.75, 3.05) is 11.9 Å². The number of hydrogen-bond acceptors (Lipinski definition) is 4. The summed E-state index contributed by atoms with van der Waals surface area (Å²) in [6.45, 7) is 5.64. The number of carbonyl (C=O) groups excluding carboxylic acids is 2. The number of oxime groups is 1. The second-order valence-electron chi connectivity index (χ2n) is 5.23. The summed E-state index contributed by atoms with van der Waals surface area (Å²) in [6, 6.07) is 4.71. The first kappa shape index (κ1) is 19.3. The fourth-order valence-corrected chi connectivity index (χ4v) is 1.69. The number of nitrogens with one attached hydrogen (secondary N) is 2. The van der Waals surface area contributed by atoms with E-state index in [-0.39, 0.29) is 18.6 Å². The third-order valence-electron chi connectivity index (χ3n) is 3.02. The van der Waals surface area contributed by atoms with Gasteiger partial charge in [-0.1, -0.05) is 42.2 Å². The van der Waals surface area contributed by atoms with Crippen LogP contribution in [0.5, 0.6) is 0 Å². The molecule has 0 spiro atoms. The van der Waals surface area contributed by atoms with Gasteiger partial charge in [0.15, 0.2) is 6.61 Å². The predicted octanol–water partition coefficient (Wildman–Crippen LogP) is 3.10.